The van der Waals surface area contributed by atoms with E-state index in [-0.39, 0.29) is 5.76 Å². The average Bonchev–Trinajstić information content (AvgIpc) is 1.95. The van der Waals surface area contributed by atoms with E-state index in [1.54, 1.807) is 18.2 Å². The molecule has 2 nitrogen and oxygen atoms in total. The van der Waals surface area contributed by atoms with Crippen LogP contribution in [0, 0.1) is 0 Å². The van der Waals surface area contributed by atoms with Gasteiger partial charge < -0.3 is 10.2 Å². The summed E-state index contributed by atoms with van der Waals surface area (Å²) in [4.78, 5) is 0. The Morgan fingerprint density at radius 1 is 1.60 bits per heavy atom. The molecule has 2 N–H and O–H groups in total. The Kier molecular flexibility index (Phi) is 1.92. The lowest BCUT2D eigenvalue weighted by Gasteiger charge is -2.13. The van der Waals surface area contributed by atoms with Gasteiger partial charge in [0.2, 0.25) is 0 Å². The lowest BCUT2D eigenvalue weighted by molar-refractivity contribution is 0.184. The first-order valence-corrected chi connectivity index (χ1v) is 3.17. The van der Waals surface area contributed by atoms with Crippen LogP contribution in [-0.2, 0) is 0 Å². The van der Waals surface area contributed by atoms with Gasteiger partial charge in [-0.3, -0.25) is 0 Å². The number of hydrogen-bond donors (Lipinski definition) is 2. The quantitative estimate of drug-likeness (QED) is 0.529. The van der Waals surface area contributed by atoms with Crippen molar-refractivity contribution in [2.24, 2.45) is 0 Å². The molecule has 0 saturated heterocycles. The van der Waals surface area contributed by atoms with Gasteiger partial charge in [-0.1, -0.05) is 18.2 Å². The first kappa shape index (κ1) is 7.09. The van der Waals surface area contributed by atoms with E-state index in [2.05, 4.69) is 0 Å². The van der Waals surface area contributed by atoms with Crippen molar-refractivity contribution in [2.75, 3.05) is 0 Å². The summed E-state index contributed by atoms with van der Waals surface area (Å²) in [5.41, 5.74) is 0.736. The molecule has 1 rings (SSSR count). The predicted octanol–water partition coefficient (Wildman–Crippen LogP) is 1.31. The molecule has 0 saturated carbocycles. The largest absolute Gasteiger partial charge is 0.509 e. The number of allylic oxidation sites excluding steroid dienone is 3. The normalized spacial score (nSPS) is 28.8. The van der Waals surface area contributed by atoms with E-state index in [0.717, 1.165) is 5.57 Å². The SMILES string of the molecule is CC=C1C=CC=C(O)C1O. The summed E-state index contributed by atoms with van der Waals surface area (Å²) in [6.45, 7) is 1.82. The second-order valence-corrected chi connectivity index (χ2v) is 2.14. The van der Waals surface area contributed by atoms with Gasteiger partial charge in [0.15, 0.2) is 0 Å². The molecule has 0 spiro atoms. The van der Waals surface area contributed by atoms with E-state index in [4.69, 9.17) is 5.11 Å². The van der Waals surface area contributed by atoms with Gasteiger partial charge in [0.1, 0.15) is 11.9 Å². The number of hydrogen-bond acceptors (Lipinski definition) is 2. The third kappa shape index (κ3) is 1.11. The Labute approximate surface area is 59.8 Å². The second-order valence-electron chi connectivity index (χ2n) is 2.14. The molecule has 0 fully saturated rings. The van der Waals surface area contributed by atoms with Gasteiger partial charge in [0, 0.05) is 0 Å². The highest BCUT2D eigenvalue weighted by molar-refractivity contribution is 5.36. The molecule has 10 heavy (non-hydrogen) atoms. The van der Waals surface area contributed by atoms with Crippen LogP contribution >= 0.6 is 0 Å². The second kappa shape index (κ2) is 2.71. The van der Waals surface area contributed by atoms with E-state index < -0.39 is 6.10 Å². The summed E-state index contributed by atoms with van der Waals surface area (Å²) in [5, 5.41) is 18.2. The molecule has 0 aliphatic heterocycles. The van der Waals surface area contributed by atoms with Gasteiger partial charge >= 0.3 is 0 Å². The van der Waals surface area contributed by atoms with Crippen molar-refractivity contribution in [3.8, 4) is 0 Å². The van der Waals surface area contributed by atoms with Crippen LogP contribution < -0.4 is 0 Å². The first-order valence-electron chi connectivity index (χ1n) is 3.17. The Bertz CT molecular complexity index is 211. The van der Waals surface area contributed by atoms with Crippen molar-refractivity contribution < 1.29 is 10.2 Å². The Morgan fingerprint density at radius 2 is 2.30 bits per heavy atom. The predicted molar refractivity (Wildman–Crippen MR) is 39.6 cm³/mol. The highest BCUT2D eigenvalue weighted by Crippen LogP contribution is 2.15. The Morgan fingerprint density at radius 3 is 2.80 bits per heavy atom. The summed E-state index contributed by atoms with van der Waals surface area (Å²) in [7, 11) is 0. The molecular formula is C8H10O2. The molecule has 2 heteroatoms. The molecule has 0 bridgehead atoms. The van der Waals surface area contributed by atoms with Crippen molar-refractivity contribution in [3.05, 3.63) is 35.6 Å². The van der Waals surface area contributed by atoms with Gasteiger partial charge in [-0.05, 0) is 18.6 Å². The fourth-order valence-corrected chi connectivity index (χ4v) is 0.865. The highest BCUT2D eigenvalue weighted by Gasteiger charge is 2.13. The van der Waals surface area contributed by atoms with Crippen LogP contribution in [0.4, 0.5) is 0 Å². The van der Waals surface area contributed by atoms with Gasteiger partial charge in [-0.15, -0.1) is 0 Å². The number of aliphatic hydroxyl groups excluding tert-OH is 2. The van der Waals surface area contributed by atoms with E-state index in [9.17, 15) is 5.11 Å². The molecule has 54 valence electrons. The molecule has 1 unspecified atom stereocenters. The highest BCUT2D eigenvalue weighted by atomic mass is 16.3. The lowest BCUT2D eigenvalue weighted by Crippen LogP contribution is -2.13. The van der Waals surface area contributed by atoms with Crippen molar-refractivity contribution >= 4 is 0 Å². The third-order valence-corrected chi connectivity index (χ3v) is 1.48. The molecule has 0 aromatic carbocycles. The first-order chi connectivity index (χ1) is 4.75. The summed E-state index contributed by atoms with van der Waals surface area (Å²) in [6, 6.07) is 0. The maximum absolute atomic E-state index is 9.20. The fraction of sp³-hybridized carbons (Fsp3) is 0.250. The third-order valence-electron chi connectivity index (χ3n) is 1.48. The van der Waals surface area contributed by atoms with E-state index >= 15 is 0 Å². The van der Waals surface area contributed by atoms with E-state index in [0.29, 0.717) is 0 Å². The summed E-state index contributed by atoms with van der Waals surface area (Å²) >= 11 is 0. The maximum Gasteiger partial charge on any atom is 0.135 e. The minimum Gasteiger partial charge on any atom is -0.509 e. The van der Waals surface area contributed by atoms with Crippen molar-refractivity contribution in [2.45, 2.75) is 13.0 Å². The molecule has 0 aromatic rings. The monoisotopic (exact) mass is 138 g/mol. The van der Waals surface area contributed by atoms with Crippen molar-refractivity contribution in [1.82, 2.24) is 0 Å². The zero-order valence-electron chi connectivity index (χ0n) is 5.78. The van der Waals surface area contributed by atoms with Gasteiger partial charge in [0.25, 0.3) is 0 Å². The van der Waals surface area contributed by atoms with Crippen LogP contribution in [0.1, 0.15) is 6.92 Å². The summed E-state index contributed by atoms with van der Waals surface area (Å²) < 4.78 is 0. The van der Waals surface area contributed by atoms with Crippen LogP contribution in [0.15, 0.2) is 35.6 Å². The molecule has 0 aromatic heterocycles. The minimum absolute atomic E-state index is 0.00981. The van der Waals surface area contributed by atoms with Crippen molar-refractivity contribution in [3.63, 3.8) is 0 Å². The molecule has 0 amide bonds. The van der Waals surface area contributed by atoms with Crippen LogP contribution in [0.25, 0.3) is 0 Å². The Balaban J connectivity index is 2.89. The Hall–Kier alpha value is -1.02. The smallest absolute Gasteiger partial charge is 0.135 e. The summed E-state index contributed by atoms with van der Waals surface area (Å²) in [5.74, 6) is 0.00981. The maximum atomic E-state index is 9.20. The van der Waals surface area contributed by atoms with Crippen molar-refractivity contribution in [1.29, 1.82) is 0 Å². The standard InChI is InChI=1S/C8H10O2/c1-2-6-4-3-5-7(9)8(6)10/h2-5,8-10H,1H3. The minimum atomic E-state index is -0.824. The van der Waals surface area contributed by atoms with Gasteiger partial charge in [-0.25, -0.2) is 0 Å². The van der Waals surface area contributed by atoms with E-state index in [1.807, 2.05) is 6.92 Å². The number of aliphatic hydroxyl groups is 2. The van der Waals surface area contributed by atoms with Crippen LogP contribution in [0.5, 0.6) is 0 Å². The molecule has 0 heterocycles. The van der Waals surface area contributed by atoms with Gasteiger partial charge in [-0.2, -0.15) is 0 Å². The number of rotatable bonds is 0. The van der Waals surface area contributed by atoms with Crippen LogP contribution in [-0.4, -0.2) is 16.3 Å². The average molecular weight is 138 g/mol. The molecule has 1 aliphatic rings. The fourth-order valence-electron chi connectivity index (χ4n) is 0.865. The van der Waals surface area contributed by atoms with Gasteiger partial charge in [0.05, 0.1) is 0 Å². The van der Waals surface area contributed by atoms with E-state index in [1.165, 1.54) is 6.08 Å². The zero-order chi connectivity index (χ0) is 7.56. The molecule has 1 atom stereocenters. The lowest BCUT2D eigenvalue weighted by atomic mass is 10.0. The zero-order valence-corrected chi connectivity index (χ0v) is 5.78. The molecule has 1 aliphatic carbocycles. The van der Waals surface area contributed by atoms with Crippen LogP contribution in [0.3, 0.4) is 0 Å². The summed E-state index contributed by atoms with van der Waals surface area (Å²) in [6.07, 6.45) is 5.90. The topological polar surface area (TPSA) is 40.5 Å². The molecular weight excluding hydrogens is 128 g/mol. The molecule has 0 radical (unpaired) electrons. The van der Waals surface area contributed by atoms with Crippen LogP contribution in [0.2, 0.25) is 0 Å².